The molecule has 1 aliphatic heterocycles. The monoisotopic (exact) mass is 624 g/mol. The van der Waals surface area contributed by atoms with Crippen molar-refractivity contribution in [3.05, 3.63) is 102 Å². The number of aromatic nitrogens is 3. The predicted molar refractivity (Wildman–Crippen MR) is 130 cm³/mol. The normalized spacial score (nSPS) is 13.6. The van der Waals surface area contributed by atoms with Crippen molar-refractivity contribution in [3.8, 4) is 17.0 Å². The quantitative estimate of drug-likeness (QED) is 0.234. The molecule has 0 aliphatic carbocycles. The molecule has 0 spiro atoms. The number of pyridine rings is 1. The van der Waals surface area contributed by atoms with Crippen LogP contribution in [-0.2, 0) is 26.5 Å². The summed E-state index contributed by atoms with van der Waals surface area (Å²) in [5.74, 6) is 0.947. The molecule has 0 saturated heterocycles. The van der Waals surface area contributed by atoms with E-state index >= 15 is 0 Å². The van der Waals surface area contributed by atoms with Crippen LogP contribution in [0.1, 0.15) is 25.0 Å². The molecule has 170 valence electrons. The largest absolute Gasteiger partial charge is 0.506 e. The van der Waals surface area contributed by atoms with Crippen LogP contribution in [0.3, 0.4) is 0 Å². The van der Waals surface area contributed by atoms with E-state index in [4.69, 9.17) is 4.98 Å². The number of hydrogen-bond acceptors (Lipinski definition) is 5. The van der Waals surface area contributed by atoms with Crippen LogP contribution in [0.15, 0.2) is 85.2 Å². The summed E-state index contributed by atoms with van der Waals surface area (Å²) in [6.07, 6.45) is 3.53. The van der Waals surface area contributed by atoms with Gasteiger partial charge in [-0.1, -0.05) is 49.7 Å². The fourth-order valence-electron chi connectivity index (χ4n) is 4.65. The van der Waals surface area contributed by atoms with Crippen molar-refractivity contribution >= 4 is 28.2 Å². The van der Waals surface area contributed by atoms with E-state index in [1.54, 1.807) is 24.5 Å². The van der Waals surface area contributed by atoms with Gasteiger partial charge in [0.05, 0.1) is 5.52 Å². The molecule has 3 aromatic carbocycles. The third-order valence-electron chi connectivity index (χ3n) is 6.35. The van der Waals surface area contributed by atoms with Crippen LogP contribution in [-0.4, -0.2) is 20.1 Å². The van der Waals surface area contributed by atoms with Crippen LogP contribution in [0.4, 0.5) is 17.2 Å². The van der Waals surface area contributed by atoms with E-state index in [0.29, 0.717) is 16.7 Å². The van der Waals surface area contributed by atoms with Crippen molar-refractivity contribution in [1.29, 1.82) is 0 Å². The summed E-state index contributed by atoms with van der Waals surface area (Å²) in [6, 6.07) is 27.4. The van der Waals surface area contributed by atoms with Gasteiger partial charge in [-0.15, -0.1) is 23.8 Å². The maximum absolute atomic E-state index is 10.3. The molecule has 6 heteroatoms. The Bertz CT molecular complexity index is 1520. The van der Waals surface area contributed by atoms with E-state index in [2.05, 4.69) is 65.1 Å². The zero-order valence-electron chi connectivity index (χ0n) is 18.6. The first-order valence-corrected chi connectivity index (χ1v) is 10.9. The summed E-state index contributed by atoms with van der Waals surface area (Å²) in [5.41, 5.74) is 6.81. The number of benzene rings is 3. The van der Waals surface area contributed by atoms with Crippen molar-refractivity contribution in [3.63, 3.8) is 0 Å². The van der Waals surface area contributed by atoms with Gasteiger partial charge in [-0.05, 0) is 47.0 Å². The van der Waals surface area contributed by atoms with Gasteiger partial charge in [0.25, 0.3) is 0 Å². The number of phenols is 1. The van der Waals surface area contributed by atoms with Crippen LogP contribution >= 0.6 is 0 Å². The van der Waals surface area contributed by atoms with E-state index < -0.39 is 0 Å². The summed E-state index contributed by atoms with van der Waals surface area (Å²) in [7, 11) is 0. The molecule has 3 heterocycles. The number of phenolic OH excluding ortho intramolecular Hbond substituents is 1. The molecule has 5 nitrogen and oxygen atoms in total. The molecule has 0 fully saturated rings. The zero-order chi connectivity index (χ0) is 22.6. The Morgan fingerprint density at radius 3 is 2.50 bits per heavy atom. The molecular formula is C28H21N4OPt-. The summed E-state index contributed by atoms with van der Waals surface area (Å²) in [4.78, 5) is 16.0. The number of nitrogens with zero attached hydrogens (tertiary/aromatic N) is 4. The number of hydrogen-bond donors (Lipinski definition) is 1. The number of aromatic hydroxyl groups is 1. The number of anilines is 3. The fraction of sp³-hybridized carbons (Fsp3) is 0.107. The predicted octanol–water partition coefficient (Wildman–Crippen LogP) is 6.30. The smallest absolute Gasteiger partial charge is 0.142 e. The van der Waals surface area contributed by atoms with Gasteiger partial charge < -0.3 is 10.0 Å². The Morgan fingerprint density at radius 1 is 0.853 bits per heavy atom. The fourth-order valence-corrected chi connectivity index (χ4v) is 4.65. The minimum atomic E-state index is -0.209. The maximum atomic E-state index is 10.3. The first-order valence-electron chi connectivity index (χ1n) is 10.9. The van der Waals surface area contributed by atoms with Gasteiger partial charge in [-0.2, -0.15) is 0 Å². The van der Waals surface area contributed by atoms with Gasteiger partial charge in [-0.25, -0.2) is 4.98 Å². The molecule has 1 N–H and O–H groups in total. The minimum absolute atomic E-state index is 0. The van der Waals surface area contributed by atoms with Crippen LogP contribution in [0.25, 0.3) is 22.3 Å². The first-order chi connectivity index (χ1) is 16.0. The molecule has 0 saturated carbocycles. The van der Waals surface area contributed by atoms with Crippen LogP contribution in [0.2, 0.25) is 0 Å². The van der Waals surface area contributed by atoms with Gasteiger partial charge in [0.15, 0.2) is 0 Å². The Labute approximate surface area is 212 Å². The van der Waals surface area contributed by atoms with Crippen LogP contribution < -0.4 is 4.90 Å². The van der Waals surface area contributed by atoms with E-state index in [1.807, 2.05) is 30.3 Å². The van der Waals surface area contributed by atoms with Crippen molar-refractivity contribution < 1.29 is 26.2 Å². The third kappa shape index (κ3) is 3.39. The first kappa shape index (κ1) is 22.2. The van der Waals surface area contributed by atoms with Gasteiger partial charge in [0.1, 0.15) is 17.1 Å². The number of fused-ring (bicyclic) bond motifs is 3. The summed E-state index contributed by atoms with van der Waals surface area (Å²) in [6.45, 7) is 4.48. The average Bonchev–Trinajstić information content (AvgIpc) is 2.85. The van der Waals surface area contributed by atoms with Gasteiger partial charge in [-0.3, -0.25) is 9.97 Å². The molecule has 2 aromatic heterocycles. The Kier molecular flexibility index (Phi) is 5.45. The maximum Gasteiger partial charge on any atom is 0.142 e. The summed E-state index contributed by atoms with van der Waals surface area (Å²) < 4.78 is 0. The second-order valence-electron chi connectivity index (χ2n) is 8.70. The van der Waals surface area contributed by atoms with Gasteiger partial charge >= 0.3 is 0 Å². The summed E-state index contributed by atoms with van der Waals surface area (Å²) in [5, 5.41) is 10.3. The molecule has 0 radical (unpaired) electrons. The average molecular weight is 625 g/mol. The Hall–Kier alpha value is -3.56. The van der Waals surface area contributed by atoms with Gasteiger partial charge in [0.2, 0.25) is 0 Å². The van der Waals surface area contributed by atoms with Gasteiger partial charge in [0, 0.05) is 44.8 Å². The zero-order valence-corrected chi connectivity index (χ0v) is 20.9. The number of rotatable bonds is 2. The minimum Gasteiger partial charge on any atom is -0.506 e. The second-order valence-corrected chi connectivity index (χ2v) is 8.70. The SMILES string of the molecule is CC1(C)c2ccc(-c3cnc4cccc(O)c4n3)[c-]c2N(c2ccccn2)c2ccccc21.[Pt]. The Balaban J connectivity index is 0.00000241. The molecular weight excluding hydrogens is 603 g/mol. The Morgan fingerprint density at radius 2 is 1.68 bits per heavy atom. The molecule has 1 aliphatic rings. The second kappa shape index (κ2) is 8.34. The molecule has 5 aromatic rings. The van der Waals surface area contributed by atoms with Crippen molar-refractivity contribution in [2.45, 2.75) is 19.3 Å². The molecule has 0 unspecified atom stereocenters. The topological polar surface area (TPSA) is 62.1 Å². The molecule has 0 amide bonds. The molecule has 34 heavy (non-hydrogen) atoms. The van der Waals surface area contributed by atoms with Crippen molar-refractivity contribution in [2.24, 2.45) is 0 Å². The standard InChI is InChI=1S/C28H21N4O.Pt/c1-28(2)19-8-3-4-10-23(19)32(26-12-5-6-15-29-26)24-16-18(13-14-20(24)28)22-17-30-21-9-7-11-25(33)27(21)31-22;/h3-15,17,33H,1-2H3;/q-1;. The van der Waals surface area contributed by atoms with E-state index in [9.17, 15) is 5.11 Å². The summed E-state index contributed by atoms with van der Waals surface area (Å²) >= 11 is 0. The number of para-hydroxylation sites is 2. The third-order valence-corrected chi connectivity index (χ3v) is 6.35. The molecule has 0 atom stereocenters. The van der Waals surface area contributed by atoms with E-state index in [0.717, 1.165) is 28.3 Å². The van der Waals surface area contributed by atoms with Crippen molar-refractivity contribution in [1.82, 2.24) is 15.0 Å². The molecule has 6 rings (SSSR count). The van der Waals surface area contributed by atoms with Crippen molar-refractivity contribution in [2.75, 3.05) is 4.90 Å². The van der Waals surface area contributed by atoms with Crippen LogP contribution in [0, 0.1) is 6.07 Å². The molecule has 0 bridgehead atoms. The van der Waals surface area contributed by atoms with E-state index in [-0.39, 0.29) is 32.2 Å². The van der Waals surface area contributed by atoms with Crippen LogP contribution in [0.5, 0.6) is 5.75 Å². The van der Waals surface area contributed by atoms with E-state index in [1.165, 1.54) is 5.56 Å².